The lowest BCUT2D eigenvalue weighted by Crippen LogP contribution is -2.34. The number of carboxylic acid groups (broad SMARTS) is 1. The molecule has 0 atom stereocenters. The SMILES string of the molecule is CCCCCCCCCCCOCCCCCC(=O)N(CCO)CCCCCCCC(=O)O. The van der Waals surface area contributed by atoms with Gasteiger partial charge in [-0.3, -0.25) is 9.59 Å². The van der Waals surface area contributed by atoms with E-state index in [1.54, 1.807) is 4.90 Å². The molecule has 6 heteroatoms. The molecule has 2 N–H and O–H groups in total. The van der Waals surface area contributed by atoms with Crippen LogP contribution in [0.2, 0.25) is 0 Å². The van der Waals surface area contributed by atoms with E-state index in [1.807, 2.05) is 0 Å². The van der Waals surface area contributed by atoms with E-state index in [9.17, 15) is 14.7 Å². The number of ether oxygens (including phenoxy) is 1. The van der Waals surface area contributed by atoms with Crippen molar-refractivity contribution >= 4 is 11.9 Å². The normalized spacial score (nSPS) is 11.1. The Morgan fingerprint density at radius 3 is 1.70 bits per heavy atom. The predicted octanol–water partition coefficient (Wildman–Crippen LogP) is 6.34. The van der Waals surface area contributed by atoms with Crippen molar-refractivity contribution in [1.29, 1.82) is 0 Å². The Morgan fingerprint density at radius 1 is 0.636 bits per heavy atom. The van der Waals surface area contributed by atoms with Crippen molar-refractivity contribution in [3.8, 4) is 0 Å². The van der Waals surface area contributed by atoms with Crippen LogP contribution in [0.15, 0.2) is 0 Å². The zero-order valence-electron chi connectivity index (χ0n) is 21.5. The molecule has 1 amide bonds. The van der Waals surface area contributed by atoms with Crippen LogP contribution < -0.4 is 0 Å². The Balaban J connectivity index is 3.54. The predicted molar refractivity (Wildman–Crippen MR) is 136 cm³/mol. The average molecular weight is 472 g/mol. The molecule has 0 aromatic heterocycles. The highest BCUT2D eigenvalue weighted by molar-refractivity contribution is 5.76. The summed E-state index contributed by atoms with van der Waals surface area (Å²) < 4.78 is 5.73. The van der Waals surface area contributed by atoms with Crippen LogP contribution in [0.4, 0.5) is 0 Å². The van der Waals surface area contributed by atoms with Crippen molar-refractivity contribution in [2.45, 2.75) is 129 Å². The number of rotatable bonds is 26. The highest BCUT2D eigenvalue weighted by atomic mass is 16.5. The number of aliphatic carboxylic acids is 1. The molecule has 0 rings (SSSR count). The summed E-state index contributed by atoms with van der Waals surface area (Å²) in [5.41, 5.74) is 0. The van der Waals surface area contributed by atoms with Gasteiger partial charge in [0.15, 0.2) is 0 Å². The Morgan fingerprint density at radius 2 is 1.12 bits per heavy atom. The molecule has 0 aromatic carbocycles. The van der Waals surface area contributed by atoms with Gasteiger partial charge in [-0.1, -0.05) is 84.0 Å². The topological polar surface area (TPSA) is 87.1 Å². The van der Waals surface area contributed by atoms with Gasteiger partial charge in [0.25, 0.3) is 0 Å². The first-order valence-electron chi connectivity index (χ1n) is 13.8. The molecule has 33 heavy (non-hydrogen) atoms. The van der Waals surface area contributed by atoms with Crippen LogP contribution in [0.5, 0.6) is 0 Å². The van der Waals surface area contributed by atoms with Gasteiger partial charge >= 0.3 is 5.97 Å². The summed E-state index contributed by atoms with van der Waals surface area (Å²) >= 11 is 0. The summed E-state index contributed by atoms with van der Waals surface area (Å²) in [7, 11) is 0. The van der Waals surface area contributed by atoms with E-state index < -0.39 is 5.97 Å². The van der Waals surface area contributed by atoms with Gasteiger partial charge in [-0.15, -0.1) is 0 Å². The number of hydrogen-bond acceptors (Lipinski definition) is 4. The molecule has 0 aromatic rings. The number of carboxylic acids is 1. The zero-order chi connectivity index (χ0) is 24.4. The first kappa shape index (κ1) is 31.9. The van der Waals surface area contributed by atoms with Gasteiger partial charge < -0.3 is 19.8 Å². The summed E-state index contributed by atoms with van der Waals surface area (Å²) in [4.78, 5) is 24.7. The van der Waals surface area contributed by atoms with Crippen molar-refractivity contribution in [3.05, 3.63) is 0 Å². The molecule has 196 valence electrons. The fourth-order valence-corrected chi connectivity index (χ4v) is 4.02. The maximum atomic E-state index is 12.4. The molecule has 0 spiro atoms. The highest BCUT2D eigenvalue weighted by Gasteiger charge is 2.12. The maximum absolute atomic E-state index is 12.4. The van der Waals surface area contributed by atoms with Crippen LogP contribution in [0.1, 0.15) is 129 Å². The quantitative estimate of drug-likeness (QED) is 0.144. The molecule has 0 unspecified atom stereocenters. The Bertz CT molecular complexity index is 444. The summed E-state index contributed by atoms with van der Waals surface area (Å²) in [5.74, 6) is -0.606. The highest BCUT2D eigenvalue weighted by Crippen LogP contribution is 2.11. The number of unbranched alkanes of at least 4 members (excludes halogenated alkanes) is 14. The lowest BCUT2D eigenvalue weighted by atomic mass is 10.1. The second-order valence-electron chi connectivity index (χ2n) is 9.27. The number of hydrogen-bond donors (Lipinski definition) is 2. The minimum atomic E-state index is -0.736. The third kappa shape index (κ3) is 23.8. The third-order valence-electron chi connectivity index (χ3n) is 6.11. The fourth-order valence-electron chi connectivity index (χ4n) is 4.02. The maximum Gasteiger partial charge on any atom is 0.303 e. The molecule has 0 heterocycles. The van der Waals surface area contributed by atoms with Crippen LogP contribution in [-0.2, 0) is 14.3 Å². The molecule has 0 fully saturated rings. The lowest BCUT2D eigenvalue weighted by Gasteiger charge is -2.21. The average Bonchev–Trinajstić information content (AvgIpc) is 2.79. The van der Waals surface area contributed by atoms with Crippen LogP contribution in [-0.4, -0.2) is 59.9 Å². The molecule has 0 radical (unpaired) electrons. The Hall–Kier alpha value is -1.14. The largest absolute Gasteiger partial charge is 0.481 e. The molecular formula is C27H53NO5. The summed E-state index contributed by atoms with van der Waals surface area (Å²) in [6.45, 7) is 4.98. The second kappa shape index (κ2) is 25.5. The Kier molecular flexibility index (Phi) is 24.6. The van der Waals surface area contributed by atoms with Gasteiger partial charge in [-0.25, -0.2) is 0 Å². The number of amides is 1. The van der Waals surface area contributed by atoms with Gasteiger partial charge in [-0.05, 0) is 32.1 Å². The molecule has 0 saturated heterocycles. The third-order valence-corrected chi connectivity index (χ3v) is 6.11. The number of carbonyl (C=O) groups excluding carboxylic acids is 1. The van der Waals surface area contributed by atoms with Crippen LogP contribution in [0.3, 0.4) is 0 Å². The van der Waals surface area contributed by atoms with Crippen molar-refractivity contribution in [1.82, 2.24) is 4.90 Å². The van der Waals surface area contributed by atoms with Crippen molar-refractivity contribution in [3.63, 3.8) is 0 Å². The van der Waals surface area contributed by atoms with Gasteiger partial charge in [-0.2, -0.15) is 0 Å². The molecule has 0 aliphatic carbocycles. The van der Waals surface area contributed by atoms with Crippen molar-refractivity contribution in [2.24, 2.45) is 0 Å². The van der Waals surface area contributed by atoms with E-state index in [2.05, 4.69) is 6.92 Å². The molecular weight excluding hydrogens is 418 g/mol. The number of nitrogens with zero attached hydrogens (tertiary/aromatic N) is 1. The van der Waals surface area contributed by atoms with E-state index >= 15 is 0 Å². The van der Waals surface area contributed by atoms with Crippen molar-refractivity contribution in [2.75, 3.05) is 32.9 Å². The van der Waals surface area contributed by atoms with E-state index in [0.717, 1.165) is 71.0 Å². The van der Waals surface area contributed by atoms with E-state index in [1.165, 1.54) is 51.4 Å². The summed E-state index contributed by atoms with van der Waals surface area (Å²) in [6.07, 6.45) is 20.1. The first-order valence-corrected chi connectivity index (χ1v) is 13.8. The standard InChI is InChI=1S/C27H53NO5/c1-2-3-4-5-6-7-8-12-17-24-33-25-18-13-14-19-26(30)28(22-23-29)21-16-11-9-10-15-20-27(31)32/h29H,2-25H2,1H3,(H,31,32). The number of carbonyl (C=O) groups is 2. The summed E-state index contributed by atoms with van der Waals surface area (Å²) in [6, 6.07) is 0. The number of aliphatic hydroxyl groups is 1. The second-order valence-corrected chi connectivity index (χ2v) is 9.27. The van der Waals surface area contributed by atoms with Gasteiger partial charge in [0.2, 0.25) is 5.91 Å². The van der Waals surface area contributed by atoms with Crippen LogP contribution in [0.25, 0.3) is 0 Å². The van der Waals surface area contributed by atoms with E-state index in [0.29, 0.717) is 19.5 Å². The Labute approximate surface area is 203 Å². The summed E-state index contributed by atoms with van der Waals surface area (Å²) in [5, 5.41) is 17.9. The molecule has 0 aliphatic rings. The first-order chi connectivity index (χ1) is 16.1. The zero-order valence-corrected chi connectivity index (χ0v) is 21.5. The minimum Gasteiger partial charge on any atom is -0.481 e. The van der Waals surface area contributed by atoms with E-state index in [4.69, 9.17) is 9.84 Å². The lowest BCUT2D eigenvalue weighted by molar-refractivity contribution is -0.137. The fraction of sp³-hybridized carbons (Fsp3) is 0.926. The van der Waals surface area contributed by atoms with Gasteiger partial charge in [0, 0.05) is 39.1 Å². The molecule has 0 bridgehead atoms. The monoisotopic (exact) mass is 471 g/mol. The van der Waals surface area contributed by atoms with Gasteiger partial charge in [0.05, 0.1) is 6.61 Å². The minimum absolute atomic E-state index is 0.00293. The van der Waals surface area contributed by atoms with Crippen LogP contribution >= 0.6 is 0 Å². The van der Waals surface area contributed by atoms with Gasteiger partial charge in [0.1, 0.15) is 0 Å². The molecule has 6 nitrogen and oxygen atoms in total. The van der Waals surface area contributed by atoms with Crippen LogP contribution in [0, 0.1) is 0 Å². The smallest absolute Gasteiger partial charge is 0.303 e. The molecule has 0 saturated carbocycles. The van der Waals surface area contributed by atoms with Crippen molar-refractivity contribution < 1.29 is 24.5 Å². The molecule has 0 aliphatic heterocycles. The number of aliphatic hydroxyl groups excluding tert-OH is 1. The van der Waals surface area contributed by atoms with E-state index in [-0.39, 0.29) is 18.9 Å².